The molecule has 1 aromatic carbocycles. The summed E-state index contributed by atoms with van der Waals surface area (Å²) >= 11 is 4.78. The molecular formula is C19H14BrN3O2S. The minimum atomic E-state index is -0.0894. The molecule has 0 N–H and O–H groups in total. The summed E-state index contributed by atoms with van der Waals surface area (Å²) in [5.74, 6) is 1.42. The zero-order valence-electron chi connectivity index (χ0n) is 13.7. The molecule has 4 aromatic rings. The highest BCUT2D eigenvalue weighted by molar-refractivity contribution is 9.10. The second-order valence-corrected chi connectivity index (χ2v) is 8.33. The van der Waals surface area contributed by atoms with Gasteiger partial charge >= 0.3 is 0 Å². The molecule has 7 heteroatoms. The van der Waals surface area contributed by atoms with Gasteiger partial charge in [0.25, 0.3) is 5.56 Å². The van der Waals surface area contributed by atoms with Gasteiger partial charge in [-0.3, -0.25) is 9.36 Å². The van der Waals surface area contributed by atoms with Crippen molar-refractivity contribution in [2.45, 2.75) is 12.8 Å². The van der Waals surface area contributed by atoms with Crippen LogP contribution in [0.5, 0.6) is 5.75 Å². The van der Waals surface area contributed by atoms with E-state index in [0.29, 0.717) is 22.7 Å². The number of pyridine rings is 1. The molecule has 0 radical (unpaired) electrons. The Labute approximate surface area is 161 Å². The fourth-order valence-corrected chi connectivity index (χ4v) is 4.23. The first-order valence-corrected chi connectivity index (χ1v) is 9.99. The average molecular weight is 428 g/mol. The molecule has 26 heavy (non-hydrogen) atoms. The lowest BCUT2D eigenvalue weighted by Crippen LogP contribution is -2.17. The third kappa shape index (κ3) is 2.71. The Hall–Kier alpha value is -2.25. The summed E-state index contributed by atoms with van der Waals surface area (Å²) in [7, 11) is 0. The summed E-state index contributed by atoms with van der Waals surface area (Å²) in [6.07, 6.45) is 5.77. The molecule has 0 bridgehead atoms. The van der Waals surface area contributed by atoms with Crippen LogP contribution in [0.1, 0.15) is 12.8 Å². The van der Waals surface area contributed by atoms with Gasteiger partial charge in [-0.25, -0.2) is 9.97 Å². The van der Waals surface area contributed by atoms with Crippen LogP contribution in [-0.2, 0) is 0 Å². The second-order valence-electron chi connectivity index (χ2n) is 6.42. The number of halogens is 1. The molecule has 0 spiro atoms. The van der Waals surface area contributed by atoms with Crippen LogP contribution in [0.3, 0.4) is 0 Å². The maximum atomic E-state index is 13.0. The van der Waals surface area contributed by atoms with Crippen molar-refractivity contribution in [3.63, 3.8) is 0 Å². The first kappa shape index (κ1) is 16.0. The molecule has 1 saturated carbocycles. The third-order valence-electron chi connectivity index (χ3n) is 4.52. The SMILES string of the molecule is O=c1c2sc3nccc(OCC4CC4)c3c2ncn1-c1ccc(Br)cc1. The monoisotopic (exact) mass is 427 g/mol. The minimum absolute atomic E-state index is 0.0894. The molecule has 3 heterocycles. The Morgan fingerprint density at radius 3 is 2.77 bits per heavy atom. The van der Waals surface area contributed by atoms with Crippen LogP contribution in [0.25, 0.3) is 26.1 Å². The number of benzene rings is 1. The van der Waals surface area contributed by atoms with Gasteiger partial charge < -0.3 is 4.74 Å². The molecule has 3 aromatic heterocycles. The molecule has 5 rings (SSSR count). The van der Waals surface area contributed by atoms with Crippen molar-refractivity contribution >= 4 is 47.7 Å². The highest BCUT2D eigenvalue weighted by Gasteiger charge is 2.23. The summed E-state index contributed by atoms with van der Waals surface area (Å²) in [5.41, 5.74) is 1.36. The van der Waals surface area contributed by atoms with Gasteiger partial charge in [-0.2, -0.15) is 0 Å². The summed E-state index contributed by atoms with van der Waals surface area (Å²) in [6, 6.07) is 9.44. The maximum Gasteiger partial charge on any atom is 0.275 e. The molecule has 0 amide bonds. The highest BCUT2D eigenvalue weighted by atomic mass is 79.9. The normalized spacial score (nSPS) is 14.2. The zero-order chi connectivity index (χ0) is 17.7. The van der Waals surface area contributed by atoms with Crippen molar-refractivity contribution in [3.05, 3.63) is 57.7 Å². The lowest BCUT2D eigenvalue weighted by Gasteiger charge is -2.07. The summed E-state index contributed by atoms with van der Waals surface area (Å²) < 4.78 is 9.12. The number of aromatic nitrogens is 3. The van der Waals surface area contributed by atoms with E-state index >= 15 is 0 Å². The Balaban J connectivity index is 1.68. The van der Waals surface area contributed by atoms with E-state index < -0.39 is 0 Å². The van der Waals surface area contributed by atoms with Crippen LogP contribution in [0.15, 0.2) is 52.1 Å². The van der Waals surface area contributed by atoms with E-state index in [4.69, 9.17) is 4.74 Å². The number of hydrogen-bond donors (Lipinski definition) is 0. The summed E-state index contributed by atoms with van der Waals surface area (Å²) in [5, 5.41) is 0.841. The van der Waals surface area contributed by atoms with Crippen molar-refractivity contribution < 1.29 is 4.74 Å². The minimum Gasteiger partial charge on any atom is -0.492 e. The number of nitrogens with zero attached hydrogens (tertiary/aromatic N) is 3. The molecular weight excluding hydrogens is 414 g/mol. The van der Waals surface area contributed by atoms with Crippen LogP contribution >= 0.6 is 27.3 Å². The lowest BCUT2D eigenvalue weighted by molar-refractivity contribution is 0.303. The van der Waals surface area contributed by atoms with E-state index in [-0.39, 0.29) is 5.56 Å². The molecule has 5 nitrogen and oxygen atoms in total. The van der Waals surface area contributed by atoms with Crippen LogP contribution < -0.4 is 10.3 Å². The Bertz CT molecular complexity index is 1180. The van der Waals surface area contributed by atoms with E-state index in [1.165, 1.54) is 24.2 Å². The summed E-state index contributed by atoms with van der Waals surface area (Å²) in [6.45, 7) is 0.715. The van der Waals surface area contributed by atoms with Gasteiger partial charge in [-0.05, 0) is 49.1 Å². The third-order valence-corrected chi connectivity index (χ3v) is 6.12. The fourth-order valence-electron chi connectivity index (χ4n) is 2.92. The Morgan fingerprint density at radius 1 is 1.19 bits per heavy atom. The van der Waals surface area contributed by atoms with Crippen molar-refractivity contribution in [2.75, 3.05) is 6.61 Å². The van der Waals surface area contributed by atoms with Gasteiger partial charge in [0.1, 0.15) is 27.1 Å². The van der Waals surface area contributed by atoms with Gasteiger partial charge in [0.15, 0.2) is 0 Å². The van der Waals surface area contributed by atoms with E-state index in [2.05, 4.69) is 25.9 Å². The van der Waals surface area contributed by atoms with Gasteiger partial charge in [-0.1, -0.05) is 15.9 Å². The Morgan fingerprint density at radius 2 is 2.00 bits per heavy atom. The second kappa shape index (κ2) is 6.17. The van der Waals surface area contributed by atoms with Crippen molar-refractivity contribution in [3.8, 4) is 11.4 Å². The smallest absolute Gasteiger partial charge is 0.275 e. The van der Waals surface area contributed by atoms with Gasteiger partial charge in [-0.15, -0.1) is 11.3 Å². The van der Waals surface area contributed by atoms with Crippen molar-refractivity contribution in [2.24, 2.45) is 5.92 Å². The largest absolute Gasteiger partial charge is 0.492 e. The molecule has 0 atom stereocenters. The first-order valence-electron chi connectivity index (χ1n) is 8.38. The van der Waals surface area contributed by atoms with Crippen molar-refractivity contribution in [1.29, 1.82) is 0 Å². The number of fused-ring (bicyclic) bond motifs is 3. The van der Waals surface area contributed by atoms with Crippen LogP contribution in [-0.4, -0.2) is 21.1 Å². The molecule has 1 aliphatic rings. The van der Waals surface area contributed by atoms with E-state index in [1.54, 1.807) is 17.1 Å². The van der Waals surface area contributed by atoms with Crippen LogP contribution in [0.2, 0.25) is 0 Å². The maximum absolute atomic E-state index is 13.0. The predicted molar refractivity (Wildman–Crippen MR) is 106 cm³/mol. The van der Waals surface area contributed by atoms with Crippen molar-refractivity contribution in [1.82, 2.24) is 14.5 Å². The quantitative estimate of drug-likeness (QED) is 0.479. The number of hydrogen-bond acceptors (Lipinski definition) is 5. The van der Waals surface area contributed by atoms with E-state index in [0.717, 1.165) is 26.1 Å². The average Bonchev–Trinajstić information content (AvgIpc) is 3.40. The molecule has 0 saturated heterocycles. The summed E-state index contributed by atoms with van der Waals surface area (Å²) in [4.78, 5) is 22.8. The number of ether oxygens (including phenoxy) is 1. The molecule has 0 aliphatic heterocycles. The lowest BCUT2D eigenvalue weighted by atomic mass is 10.2. The zero-order valence-corrected chi connectivity index (χ0v) is 16.1. The Kier molecular flexibility index (Phi) is 3.79. The highest BCUT2D eigenvalue weighted by Crippen LogP contribution is 2.37. The predicted octanol–water partition coefficient (Wildman–Crippen LogP) is 4.55. The van der Waals surface area contributed by atoms with Crippen LogP contribution in [0.4, 0.5) is 0 Å². The molecule has 1 aliphatic carbocycles. The number of thiophene rings is 1. The first-order chi connectivity index (χ1) is 12.7. The number of rotatable bonds is 4. The van der Waals surface area contributed by atoms with E-state index in [9.17, 15) is 4.79 Å². The van der Waals surface area contributed by atoms with Gasteiger partial charge in [0.2, 0.25) is 0 Å². The van der Waals surface area contributed by atoms with Crippen LogP contribution in [0, 0.1) is 5.92 Å². The fraction of sp³-hybridized carbons (Fsp3) is 0.211. The van der Waals surface area contributed by atoms with Gasteiger partial charge in [0, 0.05) is 10.7 Å². The van der Waals surface area contributed by atoms with Gasteiger partial charge in [0.05, 0.1) is 17.7 Å². The van der Waals surface area contributed by atoms with E-state index in [1.807, 2.05) is 30.3 Å². The molecule has 0 unspecified atom stereocenters. The standard InChI is InChI=1S/C19H14BrN3O2S/c20-12-3-5-13(6-4-12)23-10-22-16-15-14(25-9-11-1-2-11)7-8-21-18(15)26-17(16)19(23)24/h3-8,10-11H,1-2,9H2. The topological polar surface area (TPSA) is 57.0 Å². The molecule has 130 valence electrons. The molecule has 1 fully saturated rings.